The molecule has 0 aromatic carbocycles. The van der Waals surface area contributed by atoms with Gasteiger partial charge < -0.3 is 4.74 Å². The minimum absolute atomic E-state index is 0.175. The van der Waals surface area contributed by atoms with E-state index in [1.807, 2.05) is 0 Å². The van der Waals surface area contributed by atoms with Crippen LogP contribution in [0.5, 0.6) is 0 Å². The van der Waals surface area contributed by atoms with E-state index in [2.05, 4.69) is 32.9 Å². The van der Waals surface area contributed by atoms with Crippen LogP contribution in [0, 0.1) is 28.6 Å². The first-order chi connectivity index (χ1) is 19.9. The van der Waals surface area contributed by atoms with E-state index in [9.17, 15) is 9.59 Å². The highest BCUT2D eigenvalue weighted by Gasteiger charge is 2.55. The first-order valence-corrected chi connectivity index (χ1v) is 18.0. The number of hydrogen-bond acceptors (Lipinski definition) is 3. The van der Waals surface area contributed by atoms with Crippen molar-refractivity contribution in [2.75, 3.05) is 0 Å². The van der Waals surface area contributed by atoms with E-state index >= 15 is 0 Å². The Bertz CT molecular complexity index is 914. The zero-order chi connectivity index (χ0) is 29.1. The third-order valence-corrected chi connectivity index (χ3v) is 12.0. The Morgan fingerprint density at radius 1 is 0.780 bits per heavy atom. The average Bonchev–Trinajstić information content (AvgIpc) is 3.36. The second-order valence-electron chi connectivity index (χ2n) is 14.9. The van der Waals surface area contributed by atoms with Gasteiger partial charge in [0.05, 0.1) is 0 Å². The Labute approximate surface area is 252 Å². The second kappa shape index (κ2) is 15.9. The molecule has 4 rings (SSSR count). The Morgan fingerprint density at radius 3 is 2.02 bits per heavy atom. The van der Waals surface area contributed by atoms with E-state index in [1.165, 1.54) is 121 Å². The molecule has 0 aliphatic heterocycles. The van der Waals surface area contributed by atoms with Crippen molar-refractivity contribution in [3.63, 3.8) is 0 Å². The second-order valence-corrected chi connectivity index (χ2v) is 14.9. The summed E-state index contributed by atoms with van der Waals surface area (Å²) < 4.78 is 5.32. The maximum Gasteiger partial charge on any atom is 0.341 e. The largest absolute Gasteiger partial charge is 0.390 e. The van der Waals surface area contributed by atoms with Gasteiger partial charge in [0.2, 0.25) is 0 Å². The van der Waals surface area contributed by atoms with E-state index < -0.39 is 5.97 Å². The first kappa shape index (κ1) is 32.5. The normalized spacial score (nSPS) is 30.6. The molecule has 3 heteroatoms. The smallest absolute Gasteiger partial charge is 0.341 e. The molecule has 4 aliphatic carbocycles. The lowest BCUT2D eigenvalue weighted by atomic mass is 9.48. The van der Waals surface area contributed by atoms with Crippen LogP contribution in [-0.4, -0.2) is 11.9 Å². The Balaban J connectivity index is 1.08. The molecule has 0 N–H and O–H groups in total. The Hall–Kier alpha value is -1.38. The van der Waals surface area contributed by atoms with Crippen LogP contribution in [0.25, 0.3) is 0 Å². The summed E-state index contributed by atoms with van der Waals surface area (Å²) >= 11 is 0. The standard InChI is InChI=1S/C38H62O3/c1-4-5-6-7-8-9-10-11-12-13-14-15-16-17-18-21-35(39)41-36(40)30-24-28-38(3)31(29-30)22-23-32-33-20-19-26-37(33,2)27-25-34(32)38/h22,29,32-34H,4-21,23-28H2,1-3H3/t32-,33-,34+,37-,38-/m0/s1. The van der Waals surface area contributed by atoms with Gasteiger partial charge >= 0.3 is 11.9 Å². The number of ether oxygens (including phenoxy) is 1. The number of carbonyl (C=O) groups excluding carboxylic acids is 2. The molecule has 2 saturated carbocycles. The van der Waals surface area contributed by atoms with Crippen LogP contribution >= 0.6 is 0 Å². The van der Waals surface area contributed by atoms with Crippen molar-refractivity contribution in [3.05, 3.63) is 23.3 Å². The molecule has 0 heterocycles. The van der Waals surface area contributed by atoms with Gasteiger partial charge in [-0.3, -0.25) is 4.79 Å². The van der Waals surface area contributed by atoms with E-state index in [-0.39, 0.29) is 11.4 Å². The topological polar surface area (TPSA) is 43.4 Å². The molecule has 0 radical (unpaired) electrons. The lowest BCUT2D eigenvalue weighted by Crippen LogP contribution is -2.48. The fourth-order valence-corrected chi connectivity index (χ4v) is 9.34. The van der Waals surface area contributed by atoms with Crippen molar-refractivity contribution in [2.24, 2.45) is 28.6 Å². The fraction of sp³-hybridized carbons (Fsp3) is 0.842. The zero-order valence-corrected chi connectivity index (χ0v) is 27.1. The number of rotatable bonds is 17. The van der Waals surface area contributed by atoms with Crippen molar-refractivity contribution in [1.29, 1.82) is 0 Å². The molecule has 0 unspecified atom stereocenters. The van der Waals surface area contributed by atoms with E-state index in [0.717, 1.165) is 49.9 Å². The predicted octanol–water partition coefficient (Wildman–Crippen LogP) is 11.2. The van der Waals surface area contributed by atoms with Crippen LogP contribution in [0.3, 0.4) is 0 Å². The third kappa shape index (κ3) is 8.60. The van der Waals surface area contributed by atoms with Crippen molar-refractivity contribution in [3.8, 4) is 0 Å². The van der Waals surface area contributed by atoms with Gasteiger partial charge in [-0.15, -0.1) is 0 Å². The molecule has 0 aromatic rings. The Morgan fingerprint density at radius 2 is 1.39 bits per heavy atom. The van der Waals surface area contributed by atoms with E-state index in [4.69, 9.17) is 4.74 Å². The van der Waals surface area contributed by atoms with Crippen molar-refractivity contribution >= 4 is 11.9 Å². The molecule has 232 valence electrons. The SMILES string of the molecule is CCCCCCCCCCCCCCCCCC(=O)OC(=O)C1=CC2=CC[C@@H]3[C@@H](CC[C@]4(C)CCC[C@@H]34)[C@@]2(C)CC1. The van der Waals surface area contributed by atoms with E-state index in [0.29, 0.717) is 17.4 Å². The number of allylic oxidation sites excluding steroid dienone is 3. The monoisotopic (exact) mass is 566 g/mol. The predicted molar refractivity (Wildman–Crippen MR) is 170 cm³/mol. The van der Waals surface area contributed by atoms with Gasteiger partial charge in [0.15, 0.2) is 0 Å². The molecule has 0 aromatic heterocycles. The number of unbranched alkanes of at least 4 members (excludes halogenated alkanes) is 14. The Kier molecular flexibility index (Phi) is 12.6. The molecule has 3 nitrogen and oxygen atoms in total. The van der Waals surface area contributed by atoms with Crippen LogP contribution in [-0.2, 0) is 14.3 Å². The van der Waals surface area contributed by atoms with Gasteiger partial charge in [-0.05, 0) is 91.6 Å². The van der Waals surface area contributed by atoms with Gasteiger partial charge in [-0.1, -0.05) is 123 Å². The lowest BCUT2D eigenvalue weighted by Gasteiger charge is -2.56. The highest BCUT2D eigenvalue weighted by Crippen LogP contribution is 2.64. The molecule has 41 heavy (non-hydrogen) atoms. The summed E-state index contributed by atoms with van der Waals surface area (Å²) in [6.45, 7) is 7.28. The summed E-state index contributed by atoms with van der Waals surface area (Å²) in [6, 6.07) is 0. The van der Waals surface area contributed by atoms with Crippen LogP contribution in [0.15, 0.2) is 23.3 Å². The third-order valence-electron chi connectivity index (χ3n) is 12.0. The van der Waals surface area contributed by atoms with Gasteiger partial charge in [0.1, 0.15) is 0 Å². The maximum atomic E-state index is 12.9. The fourth-order valence-electron chi connectivity index (χ4n) is 9.34. The maximum absolute atomic E-state index is 12.9. The molecular formula is C38H62O3. The molecule has 2 fully saturated rings. The minimum atomic E-state index is -0.395. The summed E-state index contributed by atoms with van der Waals surface area (Å²) in [6.07, 6.45) is 34.3. The van der Waals surface area contributed by atoms with Crippen LogP contribution in [0.4, 0.5) is 0 Å². The number of esters is 2. The first-order valence-electron chi connectivity index (χ1n) is 18.0. The van der Waals surface area contributed by atoms with Crippen LogP contribution in [0.2, 0.25) is 0 Å². The van der Waals surface area contributed by atoms with Crippen molar-refractivity contribution in [2.45, 2.75) is 175 Å². The molecule has 0 saturated heterocycles. The number of carbonyl (C=O) groups is 2. The molecule has 0 spiro atoms. The molecule has 0 bridgehead atoms. The van der Waals surface area contributed by atoms with E-state index in [1.54, 1.807) is 0 Å². The summed E-state index contributed by atoms with van der Waals surface area (Å²) in [5.74, 6) is 1.68. The van der Waals surface area contributed by atoms with Crippen molar-refractivity contribution in [1.82, 2.24) is 0 Å². The quantitative estimate of drug-likeness (QED) is 0.0999. The highest BCUT2D eigenvalue weighted by molar-refractivity contribution is 5.96. The zero-order valence-electron chi connectivity index (χ0n) is 27.1. The van der Waals surface area contributed by atoms with Gasteiger partial charge in [0, 0.05) is 12.0 Å². The number of hydrogen-bond donors (Lipinski definition) is 0. The van der Waals surface area contributed by atoms with Crippen molar-refractivity contribution < 1.29 is 14.3 Å². The molecule has 5 atom stereocenters. The molecule has 4 aliphatic rings. The van der Waals surface area contributed by atoms with Gasteiger partial charge in [0.25, 0.3) is 0 Å². The van der Waals surface area contributed by atoms with Crippen LogP contribution < -0.4 is 0 Å². The summed E-state index contributed by atoms with van der Waals surface area (Å²) in [4.78, 5) is 25.3. The number of fused-ring (bicyclic) bond motifs is 5. The molecule has 0 amide bonds. The summed E-state index contributed by atoms with van der Waals surface area (Å²) in [7, 11) is 0. The van der Waals surface area contributed by atoms with Gasteiger partial charge in [-0.25, -0.2) is 4.79 Å². The summed E-state index contributed by atoms with van der Waals surface area (Å²) in [5.41, 5.74) is 2.79. The lowest BCUT2D eigenvalue weighted by molar-refractivity contribution is -0.157. The summed E-state index contributed by atoms with van der Waals surface area (Å²) in [5, 5.41) is 0. The van der Waals surface area contributed by atoms with Gasteiger partial charge in [-0.2, -0.15) is 0 Å². The average molecular weight is 567 g/mol. The minimum Gasteiger partial charge on any atom is -0.390 e. The molecular weight excluding hydrogens is 504 g/mol. The van der Waals surface area contributed by atoms with Crippen LogP contribution in [0.1, 0.15) is 175 Å². The highest BCUT2D eigenvalue weighted by atomic mass is 16.6.